The van der Waals surface area contributed by atoms with Crippen molar-refractivity contribution in [2.75, 3.05) is 0 Å². The molecule has 0 spiro atoms. The van der Waals surface area contributed by atoms with Crippen LogP contribution in [0.4, 0.5) is 0 Å². The summed E-state index contributed by atoms with van der Waals surface area (Å²) >= 11 is 0. The molecule has 152 valence electrons. The summed E-state index contributed by atoms with van der Waals surface area (Å²) in [5, 5.41) is 0. The van der Waals surface area contributed by atoms with E-state index in [1.54, 1.807) is 5.56 Å². The fourth-order valence-electron chi connectivity index (χ4n) is 4.89. The second-order valence-electron chi connectivity index (χ2n) is 9.46. The zero-order chi connectivity index (χ0) is 19.8. The Kier molecular flexibility index (Phi) is 7.77. The van der Waals surface area contributed by atoms with Crippen LogP contribution in [-0.2, 0) is 6.42 Å². The first-order chi connectivity index (χ1) is 13.6. The number of aryl methyl sites for hydroxylation is 1. The molecule has 0 N–H and O–H groups in total. The van der Waals surface area contributed by atoms with Gasteiger partial charge in [0.25, 0.3) is 0 Å². The van der Waals surface area contributed by atoms with Gasteiger partial charge < -0.3 is 0 Å². The van der Waals surface area contributed by atoms with Gasteiger partial charge in [0.15, 0.2) is 0 Å². The van der Waals surface area contributed by atoms with Crippen LogP contribution in [0.3, 0.4) is 0 Å². The molecule has 0 heterocycles. The average molecular weight is 377 g/mol. The Hall–Kier alpha value is -1.56. The zero-order valence-electron chi connectivity index (χ0n) is 18.5. The molecule has 0 nitrogen and oxygen atoms in total. The number of benzene rings is 2. The molecule has 0 heteroatoms. The minimum Gasteiger partial charge on any atom is -0.0654 e. The molecule has 2 aromatic carbocycles. The SMILES string of the molecule is CCCCCc1ccc(-c2ccc(C3CCC(C)(CCCC)CC3)cc2)cc1. The summed E-state index contributed by atoms with van der Waals surface area (Å²) in [6, 6.07) is 18.7. The first-order valence-electron chi connectivity index (χ1n) is 11.8. The average Bonchev–Trinajstić information content (AvgIpc) is 2.74. The Labute approximate surface area is 173 Å². The van der Waals surface area contributed by atoms with Crippen LogP contribution in [0.5, 0.6) is 0 Å². The molecule has 0 atom stereocenters. The lowest BCUT2D eigenvalue weighted by atomic mass is 9.68. The van der Waals surface area contributed by atoms with Crippen molar-refractivity contribution in [2.45, 2.75) is 97.3 Å². The van der Waals surface area contributed by atoms with Gasteiger partial charge in [-0.15, -0.1) is 0 Å². The van der Waals surface area contributed by atoms with Crippen LogP contribution in [0, 0.1) is 5.41 Å². The Morgan fingerprint density at radius 2 is 1.32 bits per heavy atom. The Morgan fingerprint density at radius 3 is 1.89 bits per heavy atom. The second kappa shape index (κ2) is 10.3. The lowest BCUT2D eigenvalue weighted by Crippen LogP contribution is -2.23. The van der Waals surface area contributed by atoms with E-state index >= 15 is 0 Å². The molecule has 3 rings (SSSR count). The highest BCUT2D eigenvalue weighted by Crippen LogP contribution is 2.45. The third-order valence-corrected chi connectivity index (χ3v) is 7.06. The van der Waals surface area contributed by atoms with Gasteiger partial charge >= 0.3 is 0 Å². The predicted molar refractivity (Wildman–Crippen MR) is 124 cm³/mol. The summed E-state index contributed by atoms with van der Waals surface area (Å²) in [4.78, 5) is 0. The van der Waals surface area contributed by atoms with Gasteiger partial charge in [-0.3, -0.25) is 0 Å². The van der Waals surface area contributed by atoms with Crippen molar-refractivity contribution < 1.29 is 0 Å². The summed E-state index contributed by atoms with van der Waals surface area (Å²) in [5.74, 6) is 0.768. The zero-order valence-corrected chi connectivity index (χ0v) is 18.5. The Morgan fingerprint density at radius 1 is 0.750 bits per heavy atom. The predicted octanol–water partition coefficient (Wildman–Crippen LogP) is 8.94. The third kappa shape index (κ3) is 5.72. The highest BCUT2D eigenvalue weighted by Gasteiger charge is 2.30. The first kappa shape index (κ1) is 21.2. The van der Waals surface area contributed by atoms with Gasteiger partial charge in [0, 0.05) is 0 Å². The molecule has 1 aliphatic rings. The van der Waals surface area contributed by atoms with Gasteiger partial charge in [0.1, 0.15) is 0 Å². The van der Waals surface area contributed by atoms with Crippen LogP contribution in [0.1, 0.15) is 102 Å². The normalized spacial score (nSPS) is 22.3. The van der Waals surface area contributed by atoms with E-state index in [0.717, 1.165) is 5.92 Å². The maximum atomic E-state index is 2.52. The first-order valence-corrected chi connectivity index (χ1v) is 11.8. The molecule has 0 unspecified atom stereocenters. The van der Waals surface area contributed by atoms with Crippen LogP contribution in [0.15, 0.2) is 48.5 Å². The van der Waals surface area contributed by atoms with Crippen molar-refractivity contribution >= 4 is 0 Å². The largest absolute Gasteiger partial charge is 0.0654 e. The Bertz CT molecular complexity index is 684. The molecular formula is C28H40. The number of unbranched alkanes of at least 4 members (excludes halogenated alkanes) is 3. The van der Waals surface area contributed by atoms with Crippen molar-refractivity contribution in [3.63, 3.8) is 0 Å². The minimum atomic E-state index is 0.603. The summed E-state index contributed by atoms with van der Waals surface area (Å²) < 4.78 is 0. The molecule has 1 saturated carbocycles. The van der Waals surface area contributed by atoms with Crippen molar-refractivity contribution in [3.05, 3.63) is 59.7 Å². The van der Waals surface area contributed by atoms with E-state index in [2.05, 4.69) is 69.3 Å². The topological polar surface area (TPSA) is 0 Å². The minimum absolute atomic E-state index is 0.603. The monoisotopic (exact) mass is 376 g/mol. The summed E-state index contributed by atoms with van der Waals surface area (Å²) in [6.45, 7) is 7.11. The van der Waals surface area contributed by atoms with Crippen LogP contribution in [0.2, 0.25) is 0 Å². The number of hydrogen-bond acceptors (Lipinski definition) is 0. The molecule has 2 aromatic rings. The van der Waals surface area contributed by atoms with E-state index in [4.69, 9.17) is 0 Å². The maximum Gasteiger partial charge on any atom is -0.0162 e. The van der Waals surface area contributed by atoms with E-state index in [0.29, 0.717) is 5.41 Å². The number of rotatable bonds is 9. The standard InChI is InChI=1S/C28H40/c1-4-6-8-9-23-10-12-24(13-11-23)25-14-16-26(17-15-25)27-18-21-28(3,22-19-27)20-7-5-2/h10-17,27H,4-9,18-22H2,1-3H3. The van der Waals surface area contributed by atoms with Crippen molar-refractivity contribution in [2.24, 2.45) is 5.41 Å². The maximum absolute atomic E-state index is 2.52. The van der Waals surface area contributed by atoms with E-state index in [1.165, 1.54) is 87.3 Å². The van der Waals surface area contributed by atoms with E-state index < -0.39 is 0 Å². The molecule has 0 saturated heterocycles. The van der Waals surface area contributed by atoms with Gasteiger partial charge in [-0.05, 0) is 78.5 Å². The van der Waals surface area contributed by atoms with Crippen LogP contribution < -0.4 is 0 Å². The van der Waals surface area contributed by atoms with Crippen molar-refractivity contribution in [1.82, 2.24) is 0 Å². The number of hydrogen-bond donors (Lipinski definition) is 0. The molecular weight excluding hydrogens is 336 g/mol. The van der Waals surface area contributed by atoms with Gasteiger partial charge in [0.2, 0.25) is 0 Å². The van der Waals surface area contributed by atoms with E-state index in [9.17, 15) is 0 Å². The summed E-state index contributed by atoms with van der Waals surface area (Å²) in [6.07, 6.45) is 14.8. The lowest BCUT2D eigenvalue weighted by molar-refractivity contribution is 0.179. The van der Waals surface area contributed by atoms with Gasteiger partial charge in [-0.2, -0.15) is 0 Å². The van der Waals surface area contributed by atoms with Gasteiger partial charge in [-0.1, -0.05) is 95.0 Å². The summed E-state index contributed by atoms with van der Waals surface area (Å²) in [5.41, 5.74) is 6.33. The van der Waals surface area contributed by atoms with Crippen molar-refractivity contribution in [3.8, 4) is 11.1 Å². The van der Waals surface area contributed by atoms with Crippen LogP contribution >= 0.6 is 0 Å². The smallest absolute Gasteiger partial charge is 0.0162 e. The molecule has 1 fully saturated rings. The van der Waals surface area contributed by atoms with Crippen molar-refractivity contribution in [1.29, 1.82) is 0 Å². The molecule has 0 amide bonds. The molecule has 0 aliphatic heterocycles. The summed E-state index contributed by atoms with van der Waals surface area (Å²) in [7, 11) is 0. The fraction of sp³-hybridized carbons (Fsp3) is 0.571. The fourth-order valence-corrected chi connectivity index (χ4v) is 4.89. The van der Waals surface area contributed by atoms with E-state index in [-0.39, 0.29) is 0 Å². The molecule has 0 bridgehead atoms. The van der Waals surface area contributed by atoms with Gasteiger partial charge in [-0.25, -0.2) is 0 Å². The van der Waals surface area contributed by atoms with Crippen LogP contribution in [-0.4, -0.2) is 0 Å². The highest BCUT2D eigenvalue weighted by atomic mass is 14.4. The quantitative estimate of drug-likeness (QED) is 0.383. The van der Waals surface area contributed by atoms with Crippen LogP contribution in [0.25, 0.3) is 11.1 Å². The second-order valence-corrected chi connectivity index (χ2v) is 9.46. The molecule has 28 heavy (non-hydrogen) atoms. The lowest BCUT2D eigenvalue weighted by Gasteiger charge is -2.37. The van der Waals surface area contributed by atoms with Gasteiger partial charge in [0.05, 0.1) is 0 Å². The molecule has 0 aromatic heterocycles. The third-order valence-electron chi connectivity index (χ3n) is 7.06. The highest BCUT2D eigenvalue weighted by molar-refractivity contribution is 5.64. The molecule has 1 aliphatic carbocycles. The Balaban J connectivity index is 1.57. The molecule has 0 radical (unpaired) electrons. The van der Waals surface area contributed by atoms with E-state index in [1.807, 2.05) is 0 Å².